The Morgan fingerprint density at radius 1 is 0.342 bits per heavy atom. The van der Waals surface area contributed by atoms with Gasteiger partial charge in [-0.2, -0.15) is 0 Å². The van der Waals surface area contributed by atoms with E-state index in [0.29, 0.717) is 21.6 Å². The third-order valence-corrected chi connectivity index (χ3v) is 25.5. The molecule has 0 saturated carbocycles. The number of carbonyl (C=O) groups is 11. The second-order valence-electron chi connectivity index (χ2n) is 30.8. The fourth-order valence-electron chi connectivity index (χ4n) is 14.3. The zero-order valence-corrected chi connectivity index (χ0v) is 69.4. The Bertz CT molecular complexity index is 4210. The highest BCUT2D eigenvalue weighted by molar-refractivity contribution is 6.74. The fourth-order valence-corrected chi connectivity index (χ4v) is 15.4. The predicted molar refractivity (Wildman–Crippen MR) is 409 cm³/mol. The predicted octanol–water partition coefficient (Wildman–Crippen LogP) is 7.60. The van der Waals surface area contributed by atoms with E-state index in [2.05, 4.69) is 0 Å². The van der Waals surface area contributed by atoms with E-state index in [0.717, 1.165) is 58.9 Å². The molecule has 0 aliphatic carbocycles. The summed E-state index contributed by atoms with van der Waals surface area (Å²) >= 11 is 0. The molecule has 6 aliphatic heterocycles. The number of hydrogen-bond acceptors (Lipinski definition) is 30. The van der Waals surface area contributed by atoms with Crippen LogP contribution in [0.1, 0.15) is 119 Å². The molecule has 33 heteroatoms. The highest BCUT2D eigenvalue weighted by Crippen LogP contribution is 2.46. The smallest absolute Gasteiger partial charge is 0.303 e. The van der Waals surface area contributed by atoms with E-state index >= 15 is 19.2 Å². The molecule has 0 aromatic heterocycles. The van der Waals surface area contributed by atoms with Crippen LogP contribution in [0.25, 0.3) is 0 Å². The second kappa shape index (κ2) is 39.9. The van der Waals surface area contributed by atoms with E-state index in [1.807, 2.05) is 64.2 Å². The summed E-state index contributed by atoms with van der Waals surface area (Å²) in [6.07, 6.45) is -33.3. The van der Waals surface area contributed by atoms with Gasteiger partial charge in [0.2, 0.25) is 0 Å². The van der Waals surface area contributed by atoms with Gasteiger partial charge in [0.05, 0.1) is 46.2 Å². The average Bonchev–Trinajstić information content (AvgIpc) is 1.12. The van der Waals surface area contributed by atoms with E-state index in [1.54, 1.807) is 91.0 Å². The summed E-state index contributed by atoms with van der Waals surface area (Å²) < 4.78 is 126. The van der Waals surface area contributed by atoms with Crippen molar-refractivity contribution in [2.24, 2.45) is 0 Å². The van der Waals surface area contributed by atoms with Gasteiger partial charge in [-0.05, 0) is 68.1 Å². The number of amides is 4. The zero-order valence-electron chi connectivity index (χ0n) is 68.4. The Kier molecular flexibility index (Phi) is 30.7. The van der Waals surface area contributed by atoms with Gasteiger partial charge in [0.1, 0.15) is 67.5 Å². The maximum atomic E-state index is 15.4. The maximum absolute atomic E-state index is 15.4. The number of ether oxygens (including phenoxy) is 18. The quantitative estimate of drug-likeness (QED) is 0.0192. The van der Waals surface area contributed by atoms with Crippen molar-refractivity contribution < 1.29 is 142 Å². The first kappa shape index (κ1) is 90.0. The average molecular weight is 1650 g/mol. The van der Waals surface area contributed by atoms with Crippen LogP contribution in [-0.4, -0.2) is 233 Å². The number of carbonyl (C=O) groups excluding carboxylic acids is 11. The van der Waals surface area contributed by atoms with Gasteiger partial charge in [0.25, 0.3) is 23.6 Å². The summed E-state index contributed by atoms with van der Waals surface area (Å²) in [6, 6.07) is 32.1. The number of rotatable bonds is 33. The summed E-state index contributed by atoms with van der Waals surface area (Å²) in [5.41, 5.74) is 2.66. The normalized spacial score (nSPS) is 29.0. The molecular weight excluding hydrogens is 1540 g/mol. The molecule has 6 aliphatic rings. The molecule has 4 amide bonds. The van der Waals surface area contributed by atoms with E-state index < -0.39 is 221 Å². The Balaban J connectivity index is 1.19. The Labute approximate surface area is 679 Å². The van der Waals surface area contributed by atoms with Gasteiger partial charge in [0, 0.05) is 70.8 Å². The molecule has 4 aromatic carbocycles. The molecule has 4 saturated heterocycles. The third kappa shape index (κ3) is 22.3. The Hall–Kier alpha value is -9.33. The number of imide groups is 2. The van der Waals surface area contributed by atoms with Crippen LogP contribution >= 0.6 is 0 Å². The molecular formula is C84H104N2O30Si. The van der Waals surface area contributed by atoms with Crippen molar-refractivity contribution in [2.75, 3.05) is 26.4 Å². The lowest BCUT2D eigenvalue weighted by molar-refractivity contribution is -0.382. The van der Waals surface area contributed by atoms with Gasteiger partial charge in [-0.15, -0.1) is 0 Å². The first-order chi connectivity index (χ1) is 55.5. The maximum Gasteiger partial charge on any atom is 0.303 e. The number of esters is 7. The molecule has 20 atom stereocenters. The van der Waals surface area contributed by atoms with E-state index in [4.69, 9.17) is 89.7 Å². The minimum Gasteiger partial charge on any atom is -0.463 e. The van der Waals surface area contributed by atoms with Crippen LogP contribution < -0.4 is 0 Å². The van der Waals surface area contributed by atoms with Crippen LogP contribution in [0.15, 0.2) is 144 Å². The van der Waals surface area contributed by atoms with Crippen molar-refractivity contribution in [3.63, 3.8) is 0 Å². The minimum atomic E-state index is -3.07. The van der Waals surface area contributed by atoms with Gasteiger partial charge in [-0.3, -0.25) is 62.5 Å². The molecule has 4 fully saturated rings. The fraction of sp³-hybridized carbons (Fsp3) is 0.536. The van der Waals surface area contributed by atoms with Crippen molar-refractivity contribution in [1.29, 1.82) is 0 Å². The first-order valence-electron chi connectivity index (χ1n) is 38.6. The van der Waals surface area contributed by atoms with Crippen molar-refractivity contribution in [3.05, 3.63) is 166 Å². The molecule has 6 heterocycles. The van der Waals surface area contributed by atoms with Crippen LogP contribution in [-0.2, 0) is 169 Å². The lowest BCUT2D eigenvalue weighted by Crippen LogP contribution is -2.72. The van der Waals surface area contributed by atoms with Gasteiger partial charge >= 0.3 is 41.8 Å². The van der Waals surface area contributed by atoms with Crippen LogP contribution in [0.5, 0.6) is 0 Å². The number of nitrogens with zero attached hydrogens (tertiary/aromatic N) is 2. The van der Waals surface area contributed by atoms with E-state index in [9.17, 15) is 33.6 Å². The second-order valence-corrected chi connectivity index (χ2v) is 35.6. The molecule has 0 spiro atoms. The van der Waals surface area contributed by atoms with Crippen molar-refractivity contribution in [2.45, 2.75) is 264 Å². The summed E-state index contributed by atoms with van der Waals surface area (Å²) in [5.74, 6) is -10.5. The molecule has 32 nitrogen and oxygen atoms in total. The largest absolute Gasteiger partial charge is 0.463 e. The summed E-state index contributed by atoms with van der Waals surface area (Å²) in [7, 11) is -3.07. The molecule has 0 N–H and O–H groups in total. The van der Waals surface area contributed by atoms with Crippen LogP contribution in [0.4, 0.5) is 0 Å². The minimum absolute atomic E-state index is 0.00835. The van der Waals surface area contributed by atoms with E-state index in [-0.39, 0.29) is 55.3 Å². The van der Waals surface area contributed by atoms with Gasteiger partial charge < -0.3 is 89.7 Å². The summed E-state index contributed by atoms with van der Waals surface area (Å²) in [4.78, 5) is 159. The third-order valence-electron chi connectivity index (χ3n) is 21.1. The number of benzene rings is 4. The van der Waals surface area contributed by atoms with Crippen molar-refractivity contribution in [1.82, 2.24) is 9.80 Å². The first-order valence-corrected chi connectivity index (χ1v) is 41.5. The van der Waals surface area contributed by atoms with Crippen LogP contribution in [0, 0.1) is 0 Å². The summed E-state index contributed by atoms with van der Waals surface area (Å²) in [6.45, 7) is 20.2. The summed E-state index contributed by atoms with van der Waals surface area (Å²) in [5, 5.41) is -0.532. The molecule has 10 rings (SSSR count). The van der Waals surface area contributed by atoms with Gasteiger partial charge in [0.15, 0.2) is 70.1 Å². The molecule has 634 valence electrons. The molecule has 0 unspecified atom stereocenters. The Morgan fingerprint density at radius 3 is 1.01 bits per heavy atom. The standard InChI is InChI=1S/C84H104N2O30Si/c1-45-46(2)77(95)85(76(45)94)64-70(102-40-59-35-27-20-28-36-59)66(60(41-98-37-56-29-21-17-22-30-56)110-81(64)116-117(15,16)84(12,13)14)113-82-75(108-55(11)93)73(69(105-52(8)90)62(111-82)43-100-39-58-33-25-19-26-34-58)115-80-65(86-78(96)47(3)48(4)79(86)97)71(67(103-50(6)88)63(109-80)44-101-49(5)87)114-83-74(107-54(10)92)72(106-53(9)91)68(104-51(7)89)61(112-83)42-99-38-57-31-23-18-24-32-57/h17-36,60-75,80-83H,37-44H2,1-16H3/t60-,61-,62-,63-,64-,65-,66-,67-,68+,69+,70-,71-,72+,73+,74-,75-,80+,81+,82+,83+/m1/s1. The lowest BCUT2D eigenvalue weighted by Gasteiger charge is -2.53. The molecule has 0 bridgehead atoms. The zero-order chi connectivity index (χ0) is 84.9. The monoisotopic (exact) mass is 1650 g/mol. The molecule has 0 radical (unpaired) electrons. The van der Waals surface area contributed by atoms with Crippen molar-refractivity contribution in [3.8, 4) is 0 Å². The van der Waals surface area contributed by atoms with Crippen LogP contribution in [0.3, 0.4) is 0 Å². The molecule has 117 heavy (non-hydrogen) atoms. The Morgan fingerprint density at radius 2 is 0.632 bits per heavy atom. The van der Waals surface area contributed by atoms with Gasteiger partial charge in [-0.1, -0.05) is 142 Å². The van der Waals surface area contributed by atoms with Crippen molar-refractivity contribution >= 4 is 73.7 Å². The highest BCUT2D eigenvalue weighted by atomic mass is 28.4. The van der Waals surface area contributed by atoms with E-state index in [1.165, 1.54) is 27.7 Å². The number of hydrogen-bond donors (Lipinski definition) is 0. The molecule has 4 aromatic rings. The lowest BCUT2D eigenvalue weighted by atomic mass is 9.92. The highest BCUT2D eigenvalue weighted by Gasteiger charge is 2.64. The van der Waals surface area contributed by atoms with Gasteiger partial charge in [-0.25, -0.2) is 0 Å². The topological polar surface area (TPSA) is 370 Å². The SMILES string of the molecule is CC(=O)OC[C@H]1O[C@@H](O[C@H]2[C@@H](OC(C)=O)[C@@H](COCc3ccccc3)O[C@@H](O[C@H]3[C@H](OCc4ccccc4)[C@@H](N4C(=O)C(C)=C(C)C4=O)[C@H](O[Si](C)(C)C(C)(C)C)O[C@@H]3COCc3ccccc3)[C@@H]2OC(C)=O)[C@H](N2C(=O)C(C)=C(C)C2=O)[C@@H](O[C@@H]2O[C@H](COCc3ccccc3)[C@H](OC(C)=O)[C@H](OC(C)=O)[C@H]2OC(C)=O)[C@@H]1OC(C)=O. The van der Waals surface area contributed by atoms with Crippen LogP contribution in [0.2, 0.25) is 18.1 Å².